The van der Waals surface area contributed by atoms with E-state index in [9.17, 15) is 31.6 Å². The van der Waals surface area contributed by atoms with Crippen molar-refractivity contribution >= 4 is 15.7 Å². The van der Waals surface area contributed by atoms with Crippen LogP contribution in [0.2, 0.25) is 0 Å². The lowest BCUT2D eigenvalue weighted by atomic mass is 10.0. The van der Waals surface area contributed by atoms with E-state index in [1.54, 1.807) is 27.7 Å². The van der Waals surface area contributed by atoms with Gasteiger partial charge >= 0.3 is 6.18 Å². The van der Waals surface area contributed by atoms with E-state index in [0.717, 1.165) is 12.1 Å². The maximum atomic E-state index is 14.2. The molecule has 0 unspecified atom stereocenters. The third-order valence-electron chi connectivity index (χ3n) is 6.92. The van der Waals surface area contributed by atoms with Crippen molar-refractivity contribution in [1.82, 2.24) is 10.5 Å². The number of ether oxygens (including phenoxy) is 1. The Morgan fingerprint density at radius 3 is 2.46 bits per heavy atom. The Kier molecular flexibility index (Phi) is 6.92. The molecule has 2 saturated carbocycles. The van der Waals surface area contributed by atoms with Crippen LogP contribution < -0.4 is 5.32 Å². The largest absolute Gasteiger partial charge is 0.417 e. The highest BCUT2D eigenvalue weighted by Crippen LogP contribution is 2.43. The summed E-state index contributed by atoms with van der Waals surface area (Å²) < 4.78 is 80.6. The van der Waals surface area contributed by atoms with E-state index in [4.69, 9.17) is 9.26 Å². The molecule has 12 heteroatoms. The number of aromatic nitrogens is 1. The highest BCUT2D eigenvalue weighted by atomic mass is 32.2. The zero-order valence-electron chi connectivity index (χ0n) is 20.8. The van der Waals surface area contributed by atoms with Crippen LogP contribution in [0.15, 0.2) is 27.6 Å². The van der Waals surface area contributed by atoms with Crippen molar-refractivity contribution in [3.8, 4) is 17.2 Å². The van der Waals surface area contributed by atoms with Crippen LogP contribution in [0.1, 0.15) is 56.5 Å². The fourth-order valence-electron chi connectivity index (χ4n) is 4.93. The lowest BCUT2D eigenvalue weighted by Gasteiger charge is -2.22. The highest BCUT2D eigenvalue weighted by molar-refractivity contribution is 7.92. The predicted molar refractivity (Wildman–Crippen MR) is 126 cm³/mol. The molecule has 200 valence electrons. The average Bonchev–Trinajstić information content (AvgIpc) is 3.31. The molecule has 0 spiro atoms. The Morgan fingerprint density at radius 2 is 1.95 bits per heavy atom. The number of aryl methyl sites for hydroxylation is 2. The molecule has 2 aliphatic rings. The zero-order valence-corrected chi connectivity index (χ0v) is 21.7. The number of alkyl halides is 3. The smallest absolute Gasteiger partial charge is 0.375 e. The van der Waals surface area contributed by atoms with Crippen molar-refractivity contribution in [1.29, 1.82) is 5.26 Å². The van der Waals surface area contributed by atoms with Crippen LogP contribution in [-0.4, -0.2) is 42.5 Å². The normalized spacial score (nSPS) is 23.2. The average molecular weight is 540 g/mol. The molecular formula is C25H28F3N3O5S. The van der Waals surface area contributed by atoms with Gasteiger partial charge in [0, 0.05) is 5.56 Å². The number of halogens is 3. The van der Waals surface area contributed by atoms with E-state index in [-0.39, 0.29) is 24.5 Å². The Morgan fingerprint density at radius 1 is 1.27 bits per heavy atom. The summed E-state index contributed by atoms with van der Waals surface area (Å²) in [6.45, 7) is 6.59. The Bertz CT molecular complexity index is 1340. The van der Waals surface area contributed by atoms with E-state index in [1.807, 2.05) is 0 Å². The van der Waals surface area contributed by atoms with E-state index < -0.39 is 55.2 Å². The number of hydrogen-bond donors (Lipinski definition) is 1. The second-order valence-electron chi connectivity index (χ2n) is 10.1. The SMILES string of the molecule is Cc1noc(C)c1-c1ccc(S(=O)(=O)[C@H]2C[C@@H](OC(C)C)[C@H](C(=O)NC3(C#N)CC3)C2)c(C(F)(F)F)c1. The van der Waals surface area contributed by atoms with Gasteiger partial charge in [0.15, 0.2) is 9.84 Å². The van der Waals surface area contributed by atoms with Crippen molar-refractivity contribution in [3.05, 3.63) is 35.2 Å². The molecule has 1 aromatic heterocycles. The number of benzene rings is 1. The quantitative estimate of drug-likeness (QED) is 0.550. The van der Waals surface area contributed by atoms with Gasteiger partial charge in [0.1, 0.15) is 11.3 Å². The summed E-state index contributed by atoms with van der Waals surface area (Å²) in [4.78, 5) is 12.1. The molecule has 0 aliphatic heterocycles. The molecule has 1 aromatic carbocycles. The first-order chi connectivity index (χ1) is 17.2. The van der Waals surface area contributed by atoms with Gasteiger partial charge in [-0.15, -0.1) is 0 Å². The first-order valence-corrected chi connectivity index (χ1v) is 13.5. The molecule has 1 N–H and O–H groups in total. The second-order valence-corrected chi connectivity index (χ2v) is 12.3. The zero-order chi connectivity index (χ0) is 27.3. The minimum atomic E-state index is -4.95. The molecule has 37 heavy (non-hydrogen) atoms. The fraction of sp³-hybridized carbons (Fsp3) is 0.560. The molecule has 0 bridgehead atoms. The van der Waals surface area contributed by atoms with Gasteiger partial charge < -0.3 is 14.6 Å². The molecule has 2 fully saturated rings. The van der Waals surface area contributed by atoms with Gasteiger partial charge in [0.05, 0.1) is 45.6 Å². The standard InChI is InChI=1S/C25H28F3N3O5S/c1-13(2)35-20-11-17(10-18(20)23(32)30-24(12-29)7-8-24)37(33,34)21-6-5-16(9-19(21)25(26,27)28)22-14(3)31-36-15(22)4/h5-6,9,13,17-18,20H,7-8,10-11H2,1-4H3,(H,30,32)/t17-,18-,20-/m1/s1. The van der Waals surface area contributed by atoms with Crippen LogP contribution in [0.25, 0.3) is 11.1 Å². The summed E-state index contributed by atoms with van der Waals surface area (Å²) in [5.74, 6) is -1.12. The number of nitrogens with one attached hydrogen (secondary N) is 1. The number of amides is 1. The number of carbonyl (C=O) groups excluding carboxylic acids is 1. The highest BCUT2D eigenvalue weighted by Gasteiger charge is 2.51. The second kappa shape index (κ2) is 9.44. The van der Waals surface area contributed by atoms with Gasteiger partial charge in [-0.1, -0.05) is 11.2 Å². The Hall–Kier alpha value is -2.91. The summed E-state index contributed by atoms with van der Waals surface area (Å²) in [7, 11) is -4.51. The lowest BCUT2D eigenvalue weighted by molar-refractivity contribution is -0.139. The minimum absolute atomic E-state index is 0.137. The maximum Gasteiger partial charge on any atom is 0.417 e. The van der Waals surface area contributed by atoms with Gasteiger partial charge in [-0.2, -0.15) is 18.4 Å². The number of carbonyl (C=O) groups is 1. The maximum absolute atomic E-state index is 14.2. The van der Waals surface area contributed by atoms with Crippen LogP contribution in [0, 0.1) is 31.1 Å². The third kappa shape index (κ3) is 5.25. The van der Waals surface area contributed by atoms with Crippen molar-refractivity contribution in [2.45, 2.75) is 87.4 Å². The van der Waals surface area contributed by atoms with Crippen LogP contribution in [0.3, 0.4) is 0 Å². The molecule has 3 atom stereocenters. The molecule has 8 nitrogen and oxygen atoms in total. The van der Waals surface area contributed by atoms with Crippen LogP contribution >= 0.6 is 0 Å². The number of hydrogen-bond acceptors (Lipinski definition) is 7. The number of nitriles is 1. The van der Waals surface area contributed by atoms with Crippen molar-refractivity contribution in [3.63, 3.8) is 0 Å². The summed E-state index contributed by atoms with van der Waals surface area (Å²) in [5.41, 5.74) is -1.37. The fourth-order valence-corrected chi connectivity index (χ4v) is 6.93. The van der Waals surface area contributed by atoms with E-state index in [2.05, 4.69) is 16.5 Å². The van der Waals surface area contributed by atoms with E-state index in [1.165, 1.54) is 6.07 Å². The van der Waals surface area contributed by atoms with Crippen molar-refractivity contribution in [2.75, 3.05) is 0 Å². The van der Waals surface area contributed by atoms with Crippen LogP contribution in [0.4, 0.5) is 13.2 Å². The molecule has 2 aromatic rings. The molecule has 0 saturated heterocycles. The van der Waals surface area contributed by atoms with Crippen LogP contribution in [0.5, 0.6) is 0 Å². The summed E-state index contributed by atoms with van der Waals surface area (Å²) in [6, 6.07) is 5.11. The topological polar surface area (TPSA) is 122 Å². The molecule has 1 amide bonds. The van der Waals surface area contributed by atoms with Gasteiger partial charge in [-0.05, 0) is 71.1 Å². The van der Waals surface area contributed by atoms with E-state index in [0.29, 0.717) is 29.9 Å². The number of rotatable bonds is 7. The number of sulfone groups is 1. The molecular weight excluding hydrogens is 511 g/mol. The van der Waals surface area contributed by atoms with Crippen LogP contribution in [-0.2, 0) is 25.5 Å². The number of nitrogens with zero attached hydrogens (tertiary/aromatic N) is 2. The minimum Gasteiger partial charge on any atom is -0.375 e. The Labute approximate surface area is 213 Å². The van der Waals surface area contributed by atoms with Gasteiger partial charge in [0.2, 0.25) is 5.91 Å². The van der Waals surface area contributed by atoms with Gasteiger partial charge in [-0.3, -0.25) is 4.79 Å². The molecule has 1 heterocycles. The monoisotopic (exact) mass is 539 g/mol. The summed E-state index contributed by atoms with van der Waals surface area (Å²) in [5, 5.41) is 14.5. The van der Waals surface area contributed by atoms with Gasteiger partial charge in [-0.25, -0.2) is 8.42 Å². The first kappa shape index (κ1) is 27.1. The third-order valence-corrected chi connectivity index (χ3v) is 9.16. The molecule has 4 rings (SSSR count). The molecule has 2 aliphatic carbocycles. The summed E-state index contributed by atoms with van der Waals surface area (Å²) >= 11 is 0. The lowest BCUT2D eigenvalue weighted by Crippen LogP contribution is -2.43. The van der Waals surface area contributed by atoms with E-state index >= 15 is 0 Å². The molecule has 0 radical (unpaired) electrons. The Balaban J connectivity index is 1.70. The first-order valence-electron chi connectivity index (χ1n) is 12.0. The predicted octanol–water partition coefficient (Wildman–Crippen LogP) is 4.50. The summed E-state index contributed by atoms with van der Waals surface area (Å²) in [6.07, 6.45) is -5.47. The van der Waals surface area contributed by atoms with Gasteiger partial charge in [0.25, 0.3) is 0 Å². The van der Waals surface area contributed by atoms with Crippen molar-refractivity contribution in [2.24, 2.45) is 5.92 Å². The van der Waals surface area contributed by atoms with Crippen molar-refractivity contribution < 1.29 is 35.6 Å².